The summed E-state index contributed by atoms with van der Waals surface area (Å²) in [6.45, 7) is 0.505. The number of nitrogens with two attached hydrogens (primary N) is 1. The summed E-state index contributed by atoms with van der Waals surface area (Å²) in [5, 5.41) is 24.7. The maximum atomic E-state index is 11.8. The Morgan fingerprint density at radius 2 is 2.32 bits per heavy atom. The van der Waals surface area contributed by atoms with Crippen LogP contribution in [0.4, 0.5) is 0 Å². The van der Waals surface area contributed by atoms with Crippen LogP contribution in [0.15, 0.2) is 0 Å². The Kier molecular flexibility index (Phi) is 3.46. The van der Waals surface area contributed by atoms with E-state index >= 15 is 0 Å². The Hall–Kier alpha value is -0.770. The first kappa shape index (κ1) is 13.2. The van der Waals surface area contributed by atoms with Crippen molar-refractivity contribution in [1.82, 2.24) is 15.5 Å². The van der Waals surface area contributed by atoms with Crippen molar-refractivity contribution in [2.24, 2.45) is 11.7 Å². The number of ether oxygens (including phenoxy) is 1. The van der Waals surface area contributed by atoms with Crippen LogP contribution in [0.25, 0.3) is 0 Å². The van der Waals surface area contributed by atoms with Gasteiger partial charge < -0.3 is 20.3 Å². The molecule has 0 aromatic rings. The molecule has 8 nitrogen and oxygen atoms in total. The first-order valence-electron chi connectivity index (χ1n) is 6.62. The third-order valence-corrected chi connectivity index (χ3v) is 4.18. The summed E-state index contributed by atoms with van der Waals surface area (Å²) in [5.41, 5.74) is 5.72. The van der Waals surface area contributed by atoms with Gasteiger partial charge >= 0.3 is 0 Å². The van der Waals surface area contributed by atoms with E-state index in [0.717, 1.165) is 6.42 Å². The third-order valence-electron chi connectivity index (χ3n) is 4.18. The lowest BCUT2D eigenvalue weighted by atomic mass is 10.0. The van der Waals surface area contributed by atoms with E-state index in [-0.39, 0.29) is 30.8 Å². The molecule has 0 spiro atoms. The van der Waals surface area contributed by atoms with E-state index in [1.54, 1.807) is 0 Å². The minimum Gasteiger partial charge on any atom is -0.394 e. The van der Waals surface area contributed by atoms with Crippen LogP contribution in [-0.4, -0.2) is 65.1 Å². The molecule has 3 aliphatic rings. The molecule has 3 unspecified atom stereocenters. The highest BCUT2D eigenvalue weighted by Gasteiger charge is 2.48. The number of carbonyl (C=O) groups is 1. The standard InChI is InChI=1S/C11H20N4O4/c12-11-13-9-5(10(18)14-11)1-2-15(9)8-3-6(17)7(4-16)19-8/h5-9,11,13,16-17H,1-4,12H2,(H,14,18)/t5?,6-,7+,8-,9?,11?/m0/s1. The van der Waals surface area contributed by atoms with Crippen molar-refractivity contribution in [3.8, 4) is 0 Å². The van der Waals surface area contributed by atoms with Gasteiger partial charge in [0.2, 0.25) is 5.91 Å². The monoisotopic (exact) mass is 272 g/mol. The van der Waals surface area contributed by atoms with Crippen LogP contribution in [0.5, 0.6) is 0 Å². The van der Waals surface area contributed by atoms with Gasteiger partial charge in [0.25, 0.3) is 0 Å². The number of fused-ring (bicyclic) bond motifs is 1. The molecule has 3 fully saturated rings. The topological polar surface area (TPSA) is 120 Å². The van der Waals surface area contributed by atoms with Crippen molar-refractivity contribution in [2.75, 3.05) is 13.2 Å². The van der Waals surface area contributed by atoms with Crippen LogP contribution >= 0.6 is 0 Å². The number of nitrogens with one attached hydrogen (secondary N) is 2. The Labute approximate surface area is 110 Å². The smallest absolute Gasteiger partial charge is 0.228 e. The molecule has 6 atom stereocenters. The number of hydrogen-bond acceptors (Lipinski definition) is 7. The summed E-state index contributed by atoms with van der Waals surface area (Å²) in [5.74, 6) is -0.190. The molecule has 0 bridgehead atoms. The van der Waals surface area contributed by atoms with Crippen LogP contribution in [0.3, 0.4) is 0 Å². The second-order valence-corrected chi connectivity index (χ2v) is 5.35. The Bertz CT molecular complexity index is 369. The van der Waals surface area contributed by atoms with Crippen LogP contribution in [0.1, 0.15) is 12.8 Å². The molecule has 0 saturated carbocycles. The van der Waals surface area contributed by atoms with Crippen molar-refractivity contribution in [3.05, 3.63) is 0 Å². The quantitative estimate of drug-likeness (QED) is 0.365. The minimum atomic E-state index is -0.667. The van der Waals surface area contributed by atoms with Crippen molar-refractivity contribution in [1.29, 1.82) is 0 Å². The normalized spacial score (nSPS) is 47.2. The van der Waals surface area contributed by atoms with E-state index < -0.39 is 18.5 Å². The highest BCUT2D eigenvalue weighted by Crippen LogP contribution is 2.32. The first-order valence-corrected chi connectivity index (χ1v) is 6.62. The first-order chi connectivity index (χ1) is 9.10. The van der Waals surface area contributed by atoms with Crippen LogP contribution in [0.2, 0.25) is 0 Å². The number of carbonyl (C=O) groups excluding carboxylic acids is 1. The molecule has 0 aliphatic carbocycles. The summed E-state index contributed by atoms with van der Waals surface area (Å²) in [4.78, 5) is 13.9. The van der Waals surface area contributed by atoms with Gasteiger partial charge in [-0.2, -0.15) is 0 Å². The van der Waals surface area contributed by atoms with E-state index in [2.05, 4.69) is 10.6 Å². The second-order valence-electron chi connectivity index (χ2n) is 5.35. The number of likely N-dealkylation sites (tertiary alicyclic amines) is 1. The van der Waals surface area contributed by atoms with Gasteiger partial charge in [0.15, 0.2) is 0 Å². The molecule has 8 heteroatoms. The summed E-state index contributed by atoms with van der Waals surface area (Å²) in [7, 11) is 0. The highest BCUT2D eigenvalue weighted by atomic mass is 16.5. The molecule has 3 rings (SSSR count). The van der Waals surface area contributed by atoms with Crippen molar-refractivity contribution < 1.29 is 19.7 Å². The van der Waals surface area contributed by atoms with Crippen LogP contribution in [-0.2, 0) is 9.53 Å². The molecule has 6 N–H and O–H groups in total. The molecule has 19 heavy (non-hydrogen) atoms. The lowest BCUT2D eigenvalue weighted by Crippen LogP contribution is -2.67. The van der Waals surface area contributed by atoms with Crippen LogP contribution in [0, 0.1) is 5.92 Å². The predicted molar refractivity (Wildman–Crippen MR) is 64.2 cm³/mol. The Balaban J connectivity index is 1.71. The SMILES string of the molecule is NC1NC(=O)C2CCN([C@@H]3C[C@H](O)[C@@H](CO)O3)C2N1. The Morgan fingerprint density at radius 1 is 1.53 bits per heavy atom. The van der Waals surface area contributed by atoms with Crippen molar-refractivity contribution in [3.63, 3.8) is 0 Å². The Morgan fingerprint density at radius 3 is 3.00 bits per heavy atom. The largest absolute Gasteiger partial charge is 0.394 e. The zero-order valence-electron chi connectivity index (χ0n) is 10.5. The maximum absolute atomic E-state index is 11.8. The van der Waals surface area contributed by atoms with Gasteiger partial charge in [-0.3, -0.25) is 20.7 Å². The highest BCUT2D eigenvalue weighted by molar-refractivity contribution is 5.80. The zero-order valence-corrected chi connectivity index (χ0v) is 10.5. The number of amides is 1. The van der Waals surface area contributed by atoms with Gasteiger partial charge in [-0.15, -0.1) is 0 Å². The van der Waals surface area contributed by atoms with E-state index in [1.807, 2.05) is 4.90 Å². The van der Waals surface area contributed by atoms with Crippen LogP contribution < -0.4 is 16.4 Å². The molecular weight excluding hydrogens is 252 g/mol. The van der Waals surface area contributed by atoms with E-state index in [1.165, 1.54) is 0 Å². The summed E-state index contributed by atoms with van der Waals surface area (Å²) < 4.78 is 5.64. The number of rotatable bonds is 2. The molecule has 3 heterocycles. The number of aliphatic hydroxyl groups excluding tert-OH is 2. The van der Waals surface area contributed by atoms with E-state index in [9.17, 15) is 9.90 Å². The third kappa shape index (κ3) is 2.24. The van der Waals surface area contributed by atoms with E-state index in [0.29, 0.717) is 13.0 Å². The summed E-state index contributed by atoms with van der Waals surface area (Å²) >= 11 is 0. The zero-order chi connectivity index (χ0) is 13.6. The maximum Gasteiger partial charge on any atom is 0.228 e. The van der Waals surface area contributed by atoms with Gasteiger partial charge in [-0.25, -0.2) is 0 Å². The van der Waals surface area contributed by atoms with Gasteiger partial charge in [-0.1, -0.05) is 0 Å². The summed E-state index contributed by atoms with van der Waals surface area (Å²) in [6, 6.07) is 0. The van der Waals surface area contributed by atoms with Gasteiger partial charge in [0, 0.05) is 13.0 Å². The molecular formula is C11H20N4O4. The van der Waals surface area contributed by atoms with Gasteiger partial charge in [0.1, 0.15) is 18.6 Å². The van der Waals surface area contributed by atoms with Crippen molar-refractivity contribution >= 4 is 5.91 Å². The van der Waals surface area contributed by atoms with E-state index in [4.69, 9.17) is 15.6 Å². The lowest BCUT2D eigenvalue weighted by Gasteiger charge is -2.38. The van der Waals surface area contributed by atoms with Gasteiger partial charge in [0.05, 0.1) is 24.8 Å². The fraction of sp³-hybridized carbons (Fsp3) is 0.909. The molecule has 108 valence electrons. The molecule has 0 aromatic carbocycles. The molecule has 1 amide bonds. The summed E-state index contributed by atoms with van der Waals surface area (Å²) in [6.07, 6.45) is -1.06. The van der Waals surface area contributed by atoms with Gasteiger partial charge in [-0.05, 0) is 6.42 Å². The lowest BCUT2D eigenvalue weighted by molar-refractivity contribution is -0.134. The average Bonchev–Trinajstić information content (AvgIpc) is 2.92. The molecule has 0 radical (unpaired) electrons. The average molecular weight is 272 g/mol. The second kappa shape index (κ2) is 4.97. The molecule has 3 saturated heterocycles. The number of nitrogens with zero attached hydrogens (tertiary/aromatic N) is 1. The molecule has 0 aromatic heterocycles. The fourth-order valence-corrected chi connectivity index (χ4v) is 3.20. The number of aliphatic hydroxyl groups is 2. The molecule has 3 aliphatic heterocycles. The number of hydrogen-bond donors (Lipinski definition) is 5. The fourth-order valence-electron chi connectivity index (χ4n) is 3.20. The van der Waals surface area contributed by atoms with Crippen molar-refractivity contribution in [2.45, 2.75) is 43.7 Å². The minimum absolute atomic E-state index is 0.0454. The predicted octanol–water partition coefficient (Wildman–Crippen LogP) is -2.94.